The van der Waals surface area contributed by atoms with Crippen molar-refractivity contribution >= 4 is 24.2 Å². The molecule has 1 saturated carbocycles. The Morgan fingerprint density at radius 1 is 1.35 bits per heavy atom. The molecule has 1 heterocycles. The van der Waals surface area contributed by atoms with Gasteiger partial charge in [0.05, 0.1) is 12.5 Å². The SMILES string of the molecule is CCN(CC)C(=O)CC1NCCN(CC2CC2)C1=O.Cl. The second-order valence-electron chi connectivity index (χ2n) is 5.50. The van der Waals surface area contributed by atoms with Gasteiger partial charge >= 0.3 is 0 Å². The van der Waals surface area contributed by atoms with E-state index in [2.05, 4.69) is 5.32 Å². The summed E-state index contributed by atoms with van der Waals surface area (Å²) in [5.41, 5.74) is 0. The van der Waals surface area contributed by atoms with Crippen LogP contribution in [0.15, 0.2) is 0 Å². The minimum Gasteiger partial charge on any atom is -0.343 e. The van der Waals surface area contributed by atoms with E-state index in [1.54, 1.807) is 4.90 Å². The van der Waals surface area contributed by atoms with Gasteiger partial charge in [-0.25, -0.2) is 0 Å². The molecular formula is C14H26ClN3O2. The molecule has 1 atom stereocenters. The van der Waals surface area contributed by atoms with Crippen LogP contribution in [0.5, 0.6) is 0 Å². The van der Waals surface area contributed by atoms with Gasteiger partial charge in [0, 0.05) is 32.7 Å². The van der Waals surface area contributed by atoms with Gasteiger partial charge in [0.2, 0.25) is 11.8 Å². The predicted molar refractivity (Wildman–Crippen MR) is 80.9 cm³/mol. The van der Waals surface area contributed by atoms with Crippen molar-refractivity contribution in [2.75, 3.05) is 32.7 Å². The minimum atomic E-state index is -0.319. The lowest BCUT2D eigenvalue weighted by Crippen LogP contribution is -2.56. The van der Waals surface area contributed by atoms with Crippen molar-refractivity contribution in [1.29, 1.82) is 0 Å². The van der Waals surface area contributed by atoms with Crippen molar-refractivity contribution in [2.24, 2.45) is 5.92 Å². The Bertz CT molecular complexity index is 343. The zero-order chi connectivity index (χ0) is 13.8. The number of rotatable bonds is 6. The number of carbonyl (C=O) groups excluding carboxylic acids is 2. The molecule has 5 nitrogen and oxygen atoms in total. The van der Waals surface area contributed by atoms with Crippen molar-refractivity contribution in [3.63, 3.8) is 0 Å². The van der Waals surface area contributed by atoms with E-state index in [1.165, 1.54) is 12.8 Å². The summed E-state index contributed by atoms with van der Waals surface area (Å²) in [6.07, 6.45) is 2.79. The molecule has 20 heavy (non-hydrogen) atoms. The van der Waals surface area contributed by atoms with Gasteiger partial charge in [-0.1, -0.05) is 0 Å². The highest BCUT2D eigenvalue weighted by Gasteiger charge is 2.34. The van der Waals surface area contributed by atoms with E-state index in [4.69, 9.17) is 0 Å². The Morgan fingerprint density at radius 3 is 2.55 bits per heavy atom. The number of hydrogen-bond acceptors (Lipinski definition) is 3. The molecule has 2 aliphatic rings. The molecular weight excluding hydrogens is 278 g/mol. The molecule has 2 fully saturated rings. The standard InChI is InChI=1S/C14H25N3O2.ClH/c1-3-16(4-2)13(18)9-12-14(19)17(8-7-15-12)10-11-5-6-11;/h11-12,15H,3-10H2,1-2H3;1H. The van der Waals surface area contributed by atoms with Gasteiger partial charge < -0.3 is 15.1 Å². The van der Waals surface area contributed by atoms with E-state index in [1.807, 2.05) is 18.7 Å². The Hall–Kier alpha value is -0.810. The summed E-state index contributed by atoms with van der Waals surface area (Å²) in [5, 5.41) is 3.19. The highest BCUT2D eigenvalue weighted by Crippen LogP contribution is 2.30. The highest BCUT2D eigenvalue weighted by atomic mass is 35.5. The molecule has 0 aromatic carbocycles. The van der Waals surface area contributed by atoms with Crippen LogP contribution in [0.2, 0.25) is 0 Å². The molecule has 6 heteroatoms. The highest BCUT2D eigenvalue weighted by molar-refractivity contribution is 5.89. The van der Waals surface area contributed by atoms with E-state index < -0.39 is 0 Å². The van der Waals surface area contributed by atoms with Crippen molar-refractivity contribution in [2.45, 2.75) is 39.2 Å². The summed E-state index contributed by atoms with van der Waals surface area (Å²) in [6, 6.07) is -0.319. The molecule has 1 aliphatic carbocycles. The van der Waals surface area contributed by atoms with Gasteiger partial charge in [-0.05, 0) is 32.6 Å². The van der Waals surface area contributed by atoms with Crippen molar-refractivity contribution in [1.82, 2.24) is 15.1 Å². The second kappa shape index (κ2) is 7.84. The van der Waals surface area contributed by atoms with E-state index in [0.717, 1.165) is 19.6 Å². The first-order valence-electron chi connectivity index (χ1n) is 7.45. The van der Waals surface area contributed by atoms with Gasteiger partial charge in [0.25, 0.3) is 0 Å². The van der Waals surface area contributed by atoms with Gasteiger partial charge in [-0.3, -0.25) is 9.59 Å². The molecule has 1 N–H and O–H groups in total. The monoisotopic (exact) mass is 303 g/mol. The second-order valence-corrected chi connectivity index (χ2v) is 5.50. The quantitative estimate of drug-likeness (QED) is 0.792. The first-order valence-corrected chi connectivity index (χ1v) is 7.45. The van der Waals surface area contributed by atoms with E-state index >= 15 is 0 Å². The topological polar surface area (TPSA) is 52.7 Å². The smallest absolute Gasteiger partial charge is 0.240 e. The third-order valence-corrected chi connectivity index (χ3v) is 4.05. The third kappa shape index (κ3) is 4.35. The van der Waals surface area contributed by atoms with Crippen LogP contribution in [0, 0.1) is 5.92 Å². The zero-order valence-electron chi connectivity index (χ0n) is 12.4. The summed E-state index contributed by atoms with van der Waals surface area (Å²) < 4.78 is 0. The number of hydrogen-bond donors (Lipinski definition) is 1. The van der Waals surface area contributed by atoms with Crippen molar-refractivity contribution in [3.8, 4) is 0 Å². The molecule has 2 rings (SSSR count). The van der Waals surface area contributed by atoms with Crippen LogP contribution in [0.4, 0.5) is 0 Å². The fourth-order valence-electron chi connectivity index (χ4n) is 2.62. The maximum absolute atomic E-state index is 12.3. The molecule has 0 aromatic rings. The third-order valence-electron chi connectivity index (χ3n) is 4.05. The van der Waals surface area contributed by atoms with Crippen LogP contribution in [0.25, 0.3) is 0 Å². The van der Waals surface area contributed by atoms with Crippen LogP contribution in [-0.2, 0) is 9.59 Å². The first kappa shape index (κ1) is 17.2. The summed E-state index contributed by atoms with van der Waals surface area (Å²) >= 11 is 0. The van der Waals surface area contributed by atoms with Crippen LogP contribution in [-0.4, -0.2) is 60.4 Å². The van der Waals surface area contributed by atoms with Crippen molar-refractivity contribution in [3.05, 3.63) is 0 Å². The molecule has 0 aromatic heterocycles. The lowest BCUT2D eigenvalue weighted by molar-refractivity contribution is -0.141. The maximum atomic E-state index is 12.3. The Morgan fingerprint density at radius 2 is 2.00 bits per heavy atom. The predicted octanol–water partition coefficient (Wildman–Crippen LogP) is 0.877. The first-order chi connectivity index (χ1) is 9.15. The number of carbonyl (C=O) groups is 2. The molecule has 2 amide bonds. The number of nitrogens with one attached hydrogen (secondary N) is 1. The molecule has 0 spiro atoms. The Balaban J connectivity index is 0.00000200. The van der Waals surface area contributed by atoms with Gasteiger partial charge in [0.15, 0.2) is 0 Å². The van der Waals surface area contributed by atoms with Crippen molar-refractivity contribution < 1.29 is 9.59 Å². The molecule has 1 unspecified atom stereocenters. The Kier molecular flexibility index (Phi) is 6.76. The lowest BCUT2D eigenvalue weighted by Gasteiger charge is -2.34. The average Bonchev–Trinajstić information content (AvgIpc) is 3.20. The minimum absolute atomic E-state index is 0. The van der Waals surface area contributed by atoms with E-state index in [0.29, 0.717) is 25.4 Å². The summed E-state index contributed by atoms with van der Waals surface area (Å²) in [7, 11) is 0. The zero-order valence-corrected chi connectivity index (χ0v) is 13.2. The van der Waals surface area contributed by atoms with E-state index in [9.17, 15) is 9.59 Å². The lowest BCUT2D eigenvalue weighted by atomic mass is 10.1. The fourth-order valence-corrected chi connectivity index (χ4v) is 2.62. The molecule has 1 saturated heterocycles. The molecule has 0 radical (unpaired) electrons. The number of halogens is 1. The summed E-state index contributed by atoms with van der Waals surface area (Å²) in [4.78, 5) is 28.1. The molecule has 116 valence electrons. The number of amides is 2. The van der Waals surface area contributed by atoms with Crippen LogP contribution in [0.3, 0.4) is 0 Å². The molecule has 0 bridgehead atoms. The number of piperazine rings is 1. The van der Waals surface area contributed by atoms with Crippen LogP contribution < -0.4 is 5.32 Å². The van der Waals surface area contributed by atoms with Gasteiger partial charge in [0.1, 0.15) is 0 Å². The molecule has 1 aliphatic heterocycles. The fraction of sp³-hybridized carbons (Fsp3) is 0.857. The largest absolute Gasteiger partial charge is 0.343 e. The summed E-state index contributed by atoms with van der Waals surface area (Å²) in [5.74, 6) is 0.893. The summed E-state index contributed by atoms with van der Waals surface area (Å²) in [6.45, 7) is 7.83. The average molecular weight is 304 g/mol. The van der Waals surface area contributed by atoms with Crippen LogP contribution in [0.1, 0.15) is 33.1 Å². The van der Waals surface area contributed by atoms with Gasteiger partial charge in [-0.15, -0.1) is 12.4 Å². The van der Waals surface area contributed by atoms with E-state index in [-0.39, 0.29) is 30.3 Å². The maximum Gasteiger partial charge on any atom is 0.240 e. The number of nitrogens with zero attached hydrogens (tertiary/aromatic N) is 2. The van der Waals surface area contributed by atoms with Crippen LogP contribution >= 0.6 is 12.4 Å². The van der Waals surface area contributed by atoms with Gasteiger partial charge in [-0.2, -0.15) is 0 Å². The Labute approximate surface area is 127 Å². The normalized spacial score (nSPS) is 22.4.